The average Bonchev–Trinajstić information content (AvgIpc) is 2.32. The molecule has 17 heavy (non-hydrogen) atoms. The van der Waals surface area contributed by atoms with Gasteiger partial charge in [-0.05, 0) is 42.3 Å². The van der Waals surface area contributed by atoms with Gasteiger partial charge < -0.3 is 0 Å². The first kappa shape index (κ1) is 12.0. The molecule has 0 radical (unpaired) electrons. The zero-order valence-corrected chi connectivity index (χ0v) is 10.7. The topological polar surface area (TPSA) is 23.8 Å². The average molecular weight is 262 g/mol. The van der Waals surface area contributed by atoms with Crippen LogP contribution in [0.4, 0.5) is 0 Å². The van der Waals surface area contributed by atoms with Crippen LogP contribution in [0, 0.1) is 18.3 Å². The van der Waals surface area contributed by atoms with E-state index in [0.29, 0.717) is 15.6 Å². The van der Waals surface area contributed by atoms with E-state index < -0.39 is 0 Å². The maximum Gasteiger partial charge on any atom is 0.0994 e. The molecule has 0 N–H and O–H groups in total. The molecule has 0 bridgehead atoms. The summed E-state index contributed by atoms with van der Waals surface area (Å²) in [6.07, 6.45) is 0. The number of hydrogen-bond acceptors (Lipinski definition) is 1. The quantitative estimate of drug-likeness (QED) is 0.721. The summed E-state index contributed by atoms with van der Waals surface area (Å²) in [5.74, 6) is 0. The predicted molar refractivity (Wildman–Crippen MR) is 71.4 cm³/mol. The van der Waals surface area contributed by atoms with Crippen LogP contribution in [0.5, 0.6) is 0 Å². The number of nitrogens with zero attached hydrogens (tertiary/aromatic N) is 1. The molecular weight excluding hydrogens is 253 g/mol. The van der Waals surface area contributed by atoms with Gasteiger partial charge in [-0.2, -0.15) is 5.26 Å². The Morgan fingerprint density at radius 2 is 1.82 bits per heavy atom. The van der Waals surface area contributed by atoms with Crippen molar-refractivity contribution < 1.29 is 0 Å². The fourth-order valence-corrected chi connectivity index (χ4v) is 2.07. The first-order chi connectivity index (χ1) is 8.11. The van der Waals surface area contributed by atoms with Crippen molar-refractivity contribution in [2.75, 3.05) is 0 Å². The van der Waals surface area contributed by atoms with E-state index in [2.05, 4.69) is 6.07 Å². The lowest BCUT2D eigenvalue weighted by Crippen LogP contribution is -1.85. The van der Waals surface area contributed by atoms with Crippen molar-refractivity contribution in [2.45, 2.75) is 6.92 Å². The lowest BCUT2D eigenvalue weighted by molar-refractivity contribution is 1.39. The van der Waals surface area contributed by atoms with Crippen molar-refractivity contribution in [1.82, 2.24) is 0 Å². The Labute approximate surface area is 110 Å². The van der Waals surface area contributed by atoms with Gasteiger partial charge in [-0.1, -0.05) is 35.3 Å². The van der Waals surface area contributed by atoms with E-state index in [-0.39, 0.29) is 0 Å². The van der Waals surface area contributed by atoms with Crippen molar-refractivity contribution in [2.24, 2.45) is 0 Å². The van der Waals surface area contributed by atoms with Gasteiger partial charge in [0.15, 0.2) is 0 Å². The highest BCUT2D eigenvalue weighted by molar-refractivity contribution is 6.35. The summed E-state index contributed by atoms with van der Waals surface area (Å²) in [6, 6.07) is 13.1. The van der Waals surface area contributed by atoms with Crippen molar-refractivity contribution in [1.29, 1.82) is 5.26 Å². The summed E-state index contributed by atoms with van der Waals surface area (Å²) in [6.45, 7) is 1.90. The molecule has 3 heteroatoms. The Hall–Kier alpha value is -1.49. The van der Waals surface area contributed by atoms with Gasteiger partial charge in [-0.3, -0.25) is 0 Å². The van der Waals surface area contributed by atoms with Gasteiger partial charge >= 0.3 is 0 Å². The van der Waals surface area contributed by atoms with Crippen molar-refractivity contribution in [3.05, 3.63) is 57.6 Å². The highest BCUT2D eigenvalue weighted by Crippen LogP contribution is 2.31. The molecule has 1 nitrogen and oxygen atoms in total. The maximum absolute atomic E-state index is 8.88. The zero-order chi connectivity index (χ0) is 12.4. The third-order valence-electron chi connectivity index (χ3n) is 2.59. The third-order valence-corrected chi connectivity index (χ3v) is 3.15. The summed E-state index contributed by atoms with van der Waals surface area (Å²) in [5.41, 5.74) is 3.45. The van der Waals surface area contributed by atoms with E-state index in [1.165, 1.54) is 0 Å². The van der Waals surface area contributed by atoms with E-state index in [9.17, 15) is 0 Å². The molecule has 0 spiro atoms. The van der Waals surface area contributed by atoms with Crippen LogP contribution >= 0.6 is 23.2 Å². The fourth-order valence-electron chi connectivity index (χ4n) is 1.68. The molecule has 0 aliphatic carbocycles. The Morgan fingerprint density at radius 1 is 1.06 bits per heavy atom. The van der Waals surface area contributed by atoms with Gasteiger partial charge in [0.25, 0.3) is 0 Å². The van der Waals surface area contributed by atoms with Crippen LogP contribution in [0.15, 0.2) is 36.4 Å². The van der Waals surface area contributed by atoms with Crippen LogP contribution < -0.4 is 0 Å². The smallest absolute Gasteiger partial charge is 0.0994 e. The second-order valence-electron chi connectivity index (χ2n) is 3.77. The number of hydrogen-bond donors (Lipinski definition) is 0. The molecule has 2 aromatic carbocycles. The molecule has 84 valence electrons. The van der Waals surface area contributed by atoms with Crippen molar-refractivity contribution in [3.63, 3.8) is 0 Å². The number of nitriles is 1. The molecule has 0 heterocycles. The Balaban J connectivity index is 2.58. The molecular formula is C14H9Cl2N. The summed E-state index contributed by atoms with van der Waals surface area (Å²) in [5, 5.41) is 10.2. The first-order valence-electron chi connectivity index (χ1n) is 5.08. The van der Waals surface area contributed by atoms with E-state index in [1.54, 1.807) is 18.2 Å². The third kappa shape index (κ3) is 2.44. The Kier molecular flexibility index (Phi) is 3.38. The Bertz CT molecular complexity index is 612. The zero-order valence-electron chi connectivity index (χ0n) is 9.17. The summed E-state index contributed by atoms with van der Waals surface area (Å²) >= 11 is 12.1. The highest BCUT2D eigenvalue weighted by Gasteiger charge is 2.06. The van der Waals surface area contributed by atoms with Gasteiger partial charge in [0.1, 0.15) is 0 Å². The summed E-state index contributed by atoms with van der Waals surface area (Å²) in [7, 11) is 0. The van der Waals surface area contributed by atoms with Crippen LogP contribution in [-0.2, 0) is 0 Å². The van der Waals surface area contributed by atoms with Gasteiger partial charge in [0.05, 0.1) is 11.6 Å². The number of benzene rings is 2. The monoisotopic (exact) mass is 261 g/mol. The van der Waals surface area contributed by atoms with E-state index in [0.717, 1.165) is 16.7 Å². The van der Waals surface area contributed by atoms with Crippen molar-refractivity contribution >= 4 is 23.2 Å². The standard InChI is InChI=1S/C14H9Cl2N/c1-9-6-10(2-3-11(9)8-17)13-7-12(15)4-5-14(13)16/h2-7H,1H3. The lowest BCUT2D eigenvalue weighted by atomic mass is 10.0. The fraction of sp³-hybridized carbons (Fsp3) is 0.0714. The molecule has 0 atom stereocenters. The number of aryl methyl sites for hydroxylation is 1. The predicted octanol–water partition coefficient (Wildman–Crippen LogP) is 4.84. The summed E-state index contributed by atoms with van der Waals surface area (Å²) < 4.78 is 0. The highest BCUT2D eigenvalue weighted by atomic mass is 35.5. The molecule has 0 unspecified atom stereocenters. The molecule has 2 aromatic rings. The molecule has 0 saturated heterocycles. The van der Waals surface area contributed by atoms with Gasteiger partial charge in [-0.15, -0.1) is 0 Å². The summed E-state index contributed by atoms with van der Waals surface area (Å²) in [4.78, 5) is 0. The van der Waals surface area contributed by atoms with Crippen LogP contribution in [0.1, 0.15) is 11.1 Å². The van der Waals surface area contributed by atoms with Crippen LogP contribution in [0.3, 0.4) is 0 Å². The van der Waals surface area contributed by atoms with Gasteiger partial charge in [-0.25, -0.2) is 0 Å². The minimum Gasteiger partial charge on any atom is -0.192 e. The Morgan fingerprint density at radius 3 is 2.47 bits per heavy atom. The van der Waals surface area contributed by atoms with Gasteiger partial charge in [0, 0.05) is 15.6 Å². The second-order valence-corrected chi connectivity index (χ2v) is 4.61. The molecule has 0 fully saturated rings. The minimum absolute atomic E-state index is 0.645. The van der Waals surface area contributed by atoms with Crippen LogP contribution in [0.2, 0.25) is 10.0 Å². The van der Waals surface area contributed by atoms with E-state index in [4.69, 9.17) is 28.5 Å². The normalized spacial score (nSPS) is 10.0. The van der Waals surface area contributed by atoms with E-state index in [1.807, 2.05) is 25.1 Å². The van der Waals surface area contributed by atoms with Crippen LogP contribution in [0.25, 0.3) is 11.1 Å². The first-order valence-corrected chi connectivity index (χ1v) is 5.83. The minimum atomic E-state index is 0.645. The van der Waals surface area contributed by atoms with E-state index >= 15 is 0 Å². The maximum atomic E-state index is 8.88. The molecule has 0 aliphatic heterocycles. The molecule has 0 aromatic heterocycles. The number of rotatable bonds is 1. The second kappa shape index (κ2) is 4.79. The molecule has 0 amide bonds. The van der Waals surface area contributed by atoms with Crippen molar-refractivity contribution in [3.8, 4) is 17.2 Å². The molecule has 2 rings (SSSR count). The van der Waals surface area contributed by atoms with Gasteiger partial charge in [0.2, 0.25) is 0 Å². The molecule has 0 aliphatic rings. The number of halogens is 2. The largest absolute Gasteiger partial charge is 0.192 e. The molecule has 0 saturated carbocycles. The lowest BCUT2D eigenvalue weighted by Gasteiger charge is -2.07. The van der Waals surface area contributed by atoms with Crippen LogP contribution in [-0.4, -0.2) is 0 Å². The SMILES string of the molecule is Cc1cc(-c2cc(Cl)ccc2Cl)ccc1C#N.